The summed E-state index contributed by atoms with van der Waals surface area (Å²) in [4.78, 5) is 6.93. The summed E-state index contributed by atoms with van der Waals surface area (Å²) in [6.45, 7) is 4.83. The topological polar surface area (TPSA) is 41.3 Å². The summed E-state index contributed by atoms with van der Waals surface area (Å²) < 4.78 is 2.40. The van der Waals surface area contributed by atoms with Crippen LogP contribution in [0.1, 0.15) is 40.9 Å². The molecule has 3 aromatic rings. The highest BCUT2D eigenvalue weighted by atomic mass is 16.3. The molecule has 4 nitrogen and oxygen atoms in total. The van der Waals surface area contributed by atoms with Gasteiger partial charge in [-0.15, -0.1) is 0 Å². The molecular formula is C23H27N3O. The number of fused-ring (bicyclic) bond motifs is 4. The fourth-order valence-electron chi connectivity index (χ4n) is 5.05. The summed E-state index contributed by atoms with van der Waals surface area (Å²) >= 11 is 0. The van der Waals surface area contributed by atoms with Crippen molar-refractivity contribution in [1.82, 2.24) is 14.5 Å². The molecule has 0 saturated carbocycles. The van der Waals surface area contributed by atoms with Gasteiger partial charge >= 0.3 is 0 Å². The van der Waals surface area contributed by atoms with E-state index in [2.05, 4.69) is 52.7 Å². The molecule has 0 bridgehead atoms. The van der Waals surface area contributed by atoms with Gasteiger partial charge in [-0.2, -0.15) is 0 Å². The second kappa shape index (κ2) is 6.18. The largest absolute Gasteiger partial charge is 0.383 e. The molecule has 27 heavy (non-hydrogen) atoms. The highest BCUT2D eigenvalue weighted by molar-refractivity contribution is 5.86. The van der Waals surface area contributed by atoms with Crippen LogP contribution < -0.4 is 0 Å². The van der Waals surface area contributed by atoms with E-state index in [0.717, 1.165) is 50.0 Å². The number of benzene rings is 1. The monoisotopic (exact) mass is 361 g/mol. The molecule has 1 N–H and O–H groups in total. The fourth-order valence-corrected chi connectivity index (χ4v) is 5.05. The SMILES string of the molecule is Cc1ccc2c(c1)c1c(n2CC2(O)CCCc3ncccc32)CCN(C)C1. The van der Waals surface area contributed by atoms with E-state index in [9.17, 15) is 5.11 Å². The smallest absolute Gasteiger partial charge is 0.109 e. The van der Waals surface area contributed by atoms with Crippen molar-refractivity contribution in [3.63, 3.8) is 0 Å². The Morgan fingerprint density at radius 3 is 3.00 bits per heavy atom. The summed E-state index contributed by atoms with van der Waals surface area (Å²) in [5.41, 5.74) is 6.63. The lowest BCUT2D eigenvalue weighted by Gasteiger charge is -2.35. The lowest BCUT2D eigenvalue weighted by Crippen LogP contribution is -2.37. The third kappa shape index (κ3) is 2.70. The number of aromatic nitrogens is 2. The first-order valence-electron chi connectivity index (χ1n) is 10.0. The van der Waals surface area contributed by atoms with Gasteiger partial charge in [0, 0.05) is 53.6 Å². The van der Waals surface area contributed by atoms with Crippen LogP contribution in [-0.4, -0.2) is 33.1 Å². The maximum absolute atomic E-state index is 11.7. The molecule has 1 aromatic carbocycles. The maximum Gasteiger partial charge on any atom is 0.109 e. The van der Waals surface area contributed by atoms with Gasteiger partial charge in [-0.05, 0) is 57.0 Å². The van der Waals surface area contributed by atoms with Crippen molar-refractivity contribution in [3.05, 3.63) is 64.6 Å². The van der Waals surface area contributed by atoms with Crippen molar-refractivity contribution in [1.29, 1.82) is 0 Å². The number of nitrogens with zero attached hydrogens (tertiary/aromatic N) is 3. The molecule has 0 saturated heterocycles. The average Bonchev–Trinajstić information content (AvgIpc) is 2.94. The van der Waals surface area contributed by atoms with Crippen LogP contribution in [0, 0.1) is 6.92 Å². The maximum atomic E-state index is 11.7. The van der Waals surface area contributed by atoms with E-state index in [-0.39, 0.29) is 0 Å². The number of hydrogen-bond acceptors (Lipinski definition) is 3. The first-order chi connectivity index (χ1) is 13.0. The number of likely N-dealkylation sites (N-methyl/N-ethyl adjacent to an activating group) is 1. The zero-order chi connectivity index (χ0) is 18.6. The minimum Gasteiger partial charge on any atom is -0.383 e. The molecule has 1 atom stereocenters. The molecule has 0 amide bonds. The number of aliphatic hydroxyl groups is 1. The fraction of sp³-hybridized carbons (Fsp3) is 0.435. The number of rotatable bonds is 2. The van der Waals surface area contributed by atoms with Gasteiger partial charge in [0.25, 0.3) is 0 Å². The summed E-state index contributed by atoms with van der Waals surface area (Å²) in [6, 6.07) is 10.8. The first-order valence-corrected chi connectivity index (χ1v) is 10.0. The van der Waals surface area contributed by atoms with Crippen LogP contribution in [-0.2, 0) is 31.5 Å². The van der Waals surface area contributed by atoms with Crippen LogP contribution in [0.15, 0.2) is 36.5 Å². The van der Waals surface area contributed by atoms with E-state index in [1.165, 1.54) is 27.7 Å². The molecule has 2 aromatic heterocycles. The van der Waals surface area contributed by atoms with Gasteiger partial charge < -0.3 is 14.6 Å². The second-order valence-corrected chi connectivity index (χ2v) is 8.40. The Morgan fingerprint density at radius 1 is 1.22 bits per heavy atom. The van der Waals surface area contributed by atoms with Crippen molar-refractivity contribution < 1.29 is 5.11 Å². The average molecular weight is 361 g/mol. The summed E-state index contributed by atoms with van der Waals surface area (Å²) in [6.07, 6.45) is 5.63. The van der Waals surface area contributed by atoms with Crippen LogP contribution in [0.3, 0.4) is 0 Å². The number of pyridine rings is 1. The Labute approximate surface area is 160 Å². The van der Waals surface area contributed by atoms with Gasteiger partial charge in [-0.1, -0.05) is 17.7 Å². The van der Waals surface area contributed by atoms with Crippen molar-refractivity contribution in [2.75, 3.05) is 13.6 Å². The predicted molar refractivity (Wildman–Crippen MR) is 108 cm³/mol. The molecular weight excluding hydrogens is 334 g/mol. The van der Waals surface area contributed by atoms with Crippen LogP contribution in [0.4, 0.5) is 0 Å². The molecule has 1 aliphatic carbocycles. The molecule has 0 fully saturated rings. The minimum absolute atomic E-state index is 0.615. The molecule has 3 heterocycles. The zero-order valence-corrected chi connectivity index (χ0v) is 16.2. The van der Waals surface area contributed by atoms with Gasteiger partial charge in [0.2, 0.25) is 0 Å². The van der Waals surface area contributed by atoms with Gasteiger partial charge in [0.05, 0.1) is 6.54 Å². The number of hydrogen-bond donors (Lipinski definition) is 1. The molecule has 0 spiro atoms. The van der Waals surface area contributed by atoms with Crippen LogP contribution in [0.5, 0.6) is 0 Å². The summed E-state index contributed by atoms with van der Waals surface area (Å²) in [5.74, 6) is 0. The Hall–Kier alpha value is -2.17. The zero-order valence-electron chi connectivity index (χ0n) is 16.2. The highest BCUT2D eigenvalue weighted by Gasteiger charge is 2.37. The van der Waals surface area contributed by atoms with Gasteiger partial charge in [-0.25, -0.2) is 0 Å². The van der Waals surface area contributed by atoms with Gasteiger partial charge in [0.1, 0.15) is 5.60 Å². The van der Waals surface area contributed by atoms with Crippen molar-refractivity contribution in [2.24, 2.45) is 0 Å². The lowest BCUT2D eigenvalue weighted by molar-refractivity contribution is 0.00104. The Bertz CT molecular complexity index is 1020. The van der Waals surface area contributed by atoms with Crippen molar-refractivity contribution >= 4 is 10.9 Å². The van der Waals surface area contributed by atoms with Crippen molar-refractivity contribution in [3.8, 4) is 0 Å². The molecule has 1 unspecified atom stereocenters. The first kappa shape index (κ1) is 17.0. The van der Waals surface area contributed by atoms with E-state index < -0.39 is 5.60 Å². The van der Waals surface area contributed by atoms with E-state index in [1.807, 2.05) is 12.3 Å². The highest BCUT2D eigenvalue weighted by Crippen LogP contribution is 2.39. The molecule has 4 heteroatoms. The predicted octanol–water partition coefficient (Wildman–Crippen LogP) is 3.56. The van der Waals surface area contributed by atoms with Gasteiger partial charge in [0.15, 0.2) is 0 Å². The van der Waals surface area contributed by atoms with Gasteiger partial charge in [-0.3, -0.25) is 4.98 Å². The van der Waals surface area contributed by atoms with E-state index in [1.54, 1.807) is 0 Å². The number of aryl methyl sites for hydroxylation is 2. The van der Waals surface area contributed by atoms with E-state index >= 15 is 0 Å². The molecule has 2 aliphatic rings. The van der Waals surface area contributed by atoms with Crippen LogP contribution >= 0.6 is 0 Å². The van der Waals surface area contributed by atoms with Crippen LogP contribution in [0.25, 0.3) is 10.9 Å². The lowest BCUT2D eigenvalue weighted by atomic mass is 9.81. The second-order valence-electron chi connectivity index (χ2n) is 8.40. The standard InChI is InChI=1S/C23H27N3O/c1-16-7-8-21-17(13-16)18-14-25(2)12-9-22(18)26(21)15-23(27)10-3-6-20-19(23)5-4-11-24-20/h4-5,7-8,11,13,27H,3,6,9-10,12,14-15H2,1-2H3. The van der Waals surface area contributed by atoms with E-state index in [0.29, 0.717) is 6.54 Å². The third-order valence-corrected chi connectivity index (χ3v) is 6.42. The molecule has 0 radical (unpaired) electrons. The quantitative estimate of drug-likeness (QED) is 0.759. The summed E-state index contributed by atoms with van der Waals surface area (Å²) in [7, 11) is 2.19. The molecule has 5 rings (SSSR count). The normalized spacial score (nSPS) is 22.6. The Morgan fingerprint density at radius 2 is 2.11 bits per heavy atom. The summed E-state index contributed by atoms with van der Waals surface area (Å²) in [5, 5.41) is 13.0. The molecule has 1 aliphatic heterocycles. The molecule has 140 valence electrons. The minimum atomic E-state index is -0.838. The Balaban J connectivity index is 1.66. The van der Waals surface area contributed by atoms with Crippen molar-refractivity contribution in [2.45, 2.75) is 51.3 Å². The Kier molecular flexibility index (Phi) is 3.88. The third-order valence-electron chi connectivity index (χ3n) is 6.42. The van der Waals surface area contributed by atoms with E-state index in [4.69, 9.17) is 0 Å². The van der Waals surface area contributed by atoms with Crippen LogP contribution in [0.2, 0.25) is 0 Å².